The van der Waals surface area contributed by atoms with Gasteiger partial charge in [0.1, 0.15) is 0 Å². The van der Waals surface area contributed by atoms with Crippen LogP contribution in [0.1, 0.15) is 39.5 Å². The van der Waals surface area contributed by atoms with E-state index in [0.717, 1.165) is 38.9 Å². The van der Waals surface area contributed by atoms with Crippen LogP contribution in [0.3, 0.4) is 0 Å². The Hall–Kier alpha value is -0.280. The lowest BCUT2D eigenvalue weighted by Gasteiger charge is -2.08. The van der Waals surface area contributed by atoms with E-state index < -0.39 is 0 Å². The summed E-state index contributed by atoms with van der Waals surface area (Å²) in [5.74, 6) is 0. The molecule has 0 saturated carbocycles. The monoisotopic (exact) mass is 394 g/mol. The first-order chi connectivity index (χ1) is 13.4. The van der Waals surface area contributed by atoms with Crippen LogP contribution in [0.2, 0.25) is 0 Å². The summed E-state index contributed by atoms with van der Waals surface area (Å²) in [5.41, 5.74) is 0. The third-order valence-electron chi connectivity index (χ3n) is 3.52. The minimum Gasteiger partial charge on any atom is -0.379 e. The van der Waals surface area contributed by atoms with Crippen molar-refractivity contribution in [1.82, 2.24) is 0 Å². The summed E-state index contributed by atoms with van der Waals surface area (Å²) in [6, 6.07) is 0. The molecule has 0 rings (SSSR count). The zero-order chi connectivity index (χ0) is 19.7. The largest absolute Gasteiger partial charge is 0.379 e. The second-order valence-electron chi connectivity index (χ2n) is 5.99. The van der Waals surface area contributed by atoms with E-state index in [9.17, 15) is 0 Å². The summed E-state index contributed by atoms with van der Waals surface area (Å²) in [6.45, 7) is 13.1. The summed E-state index contributed by atoms with van der Waals surface area (Å²) >= 11 is 0. The molecule has 0 aromatic rings. The van der Waals surface area contributed by atoms with Crippen molar-refractivity contribution >= 4 is 0 Å². The Morgan fingerprint density at radius 2 is 0.481 bits per heavy atom. The minimum absolute atomic E-state index is 0.565. The van der Waals surface area contributed by atoms with Gasteiger partial charge in [0.2, 0.25) is 0 Å². The molecule has 0 spiro atoms. The molecule has 0 bridgehead atoms. The van der Waals surface area contributed by atoms with Gasteiger partial charge in [0.05, 0.1) is 79.3 Å². The van der Waals surface area contributed by atoms with Gasteiger partial charge < -0.3 is 33.2 Å². The molecule has 0 N–H and O–H groups in total. The molecule has 164 valence electrons. The highest BCUT2D eigenvalue weighted by molar-refractivity contribution is 4.38. The maximum Gasteiger partial charge on any atom is 0.0701 e. The van der Waals surface area contributed by atoms with Crippen molar-refractivity contribution in [2.45, 2.75) is 39.5 Å². The molecule has 27 heavy (non-hydrogen) atoms. The van der Waals surface area contributed by atoms with Crippen LogP contribution in [0.5, 0.6) is 0 Å². The predicted octanol–water partition coefficient (Wildman–Crippen LogP) is 2.70. The Labute approximate surface area is 165 Å². The van der Waals surface area contributed by atoms with Gasteiger partial charge in [-0.05, 0) is 12.8 Å². The van der Waals surface area contributed by atoms with Crippen LogP contribution in [-0.4, -0.2) is 92.5 Å². The Bertz CT molecular complexity index is 230. The summed E-state index contributed by atoms with van der Waals surface area (Å²) in [7, 11) is 0. The Kier molecular flexibility index (Phi) is 25.5. The summed E-state index contributed by atoms with van der Waals surface area (Å²) in [6.07, 6.45) is 4.53. The fraction of sp³-hybridized carbons (Fsp3) is 1.00. The molecule has 0 unspecified atom stereocenters. The first-order valence-corrected chi connectivity index (χ1v) is 10.5. The van der Waals surface area contributed by atoms with Gasteiger partial charge in [0.25, 0.3) is 0 Å². The van der Waals surface area contributed by atoms with Crippen molar-refractivity contribution in [3.8, 4) is 0 Å². The molecule has 0 atom stereocenters. The Morgan fingerprint density at radius 3 is 0.667 bits per heavy atom. The second kappa shape index (κ2) is 25.7. The van der Waals surface area contributed by atoms with Gasteiger partial charge in [0.15, 0.2) is 0 Å². The predicted molar refractivity (Wildman–Crippen MR) is 106 cm³/mol. The lowest BCUT2D eigenvalue weighted by Crippen LogP contribution is -2.14. The molecule has 0 amide bonds. The topological polar surface area (TPSA) is 64.6 Å². The van der Waals surface area contributed by atoms with E-state index in [2.05, 4.69) is 13.8 Å². The normalized spacial score (nSPS) is 11.3. The van der Waals surface area contributed by atoms with Crippen LogP contribution in [0.25, 0.3) is 0 Å². The Balaban J connectivity index is 2.95. The first-order valence-electron chi connectivity index (χ1n) is 10.5. The molecule has 0 heterocycles. The minimum atomic E-state index is 0.565. The molecule has 0 aromatic heterocycles. The second-order valence-corrected chi connectivity index (χ2v) is 5.99. The van der Waals surface area contributed by atoms with Crippen LogP contribution in [0.15, 0.2) is 0 Å². The number of unbranched alkanes of at least 4 members (excludes halogenated alkanes) is 2. The first kappa shape index (κ1) is 26.7. The van der Waals surface area contributed by atoms with Crippen molar-refractivity contribution in [3.05, 3.63) is 0 Å². The molecule has 0 fully saturated rings. The molecule has 0 aliphatic rings. The van der Waals surface area contributed by atoms with Crippen molar-refractivity contribution in [3.63, 3.8) is 0 Å². The molecule has 7 heteroatoms. The smallest absolute Gasteiger partial charge is 0.0701 e. The fourth-order valence-electron chi connectivity index (χ4n) is 1.91. The van der Waals surface area contributed by atoms with E-state index in [4.69, 9.17) is 33.2 Å². The SMILES string of the molecule is CCCCOCCOCCOCCOCCOCCOCCOCCCC. The van der Waals surface area contributed by atoms with Gasteiger partial charge in [-0.15, -0.1) is 0 Å². The number of hydrogen-bond donors (Lipinski definition) is 0. The zero-order valence-electron chi connectivity index (χ0n) is 17.6. The van der Waals surface area contributed by atoms with Crippen molar-refractivity contribution < 1.29 is 33.2 Å². The van der Waals surface area contributed by atoms with Gasteiger partial charge >= 0.3 is 0 Å². The van der Waals surface area contributed by atoms with Gasteiger partial charge in [-0.1, -0.05) is 26.7 Å². The summed E-state index contributed by atoms with van der Waals surface area (Å²) in [4.78, 5) is 0. The van der Waals surface area contributed by atoms with Crippen LogP contribution in [0.4, 0.5) is 0 Å². The third kappa shape index (κ3) is 25.7. The van der Waals surface area contributed by atoms with E-state index in [1.165, 1.54) is 0 Å². The number of rotatable bonds is 24. The molecule has 0 radical (unpaired) electrons. The van der Waals surface area contributed by atoms with Gasteiger partial charge in [-0.25, -0.2) is 0 Å². The lowest BCUT2D eigenvalue weighted by molar-refractivity contribution is -0.0206. The highest BCUT2D eigenvalue weighted by Gasteiger charge is 1.94. The van der Waals surface area contributed by atoms with Crippen molar-refractivity contribution in [1.29, 1.82) is 0 Å². The lowest BCUT2D eigenvalue weighted by atomic mass is 10.4. The molecule has 0 aromatic carbocycles. The highest BCUT2D eigenvalue weighted by atomic mass is 16.6. The van der Waals surface area contributed by atoms with Crippen molar-refractivity contribution in [2.24, 2.45) is 0 Å². The van der Waals surface area contributed by atoms with Crippen LogP contribution in [0, 0.1) is 0 Å². The van der Waals surface area contributed by atoms with E-state index in [0.29, 0.717) is 79.3 Å². The molecule has 0 saturated heterocycles. The van der Waals surface area contributed by atoms with Crippen LogP contribution in [-0.2, 0) is 33.2 Å². The van der Waals surface area contributed by atoms with Crippen molar-refractivity contribution in [2.75, 3.05) is 92.5 Å². The van der Waals surface area contributed by atoms with Crippen LogP contribution >= 0.6 is 0 Å². The average molecular weight is 395 g/mol. The molecule has 0 aliphatic carbocycles. The maximum atomic E-state index is 5.43. The molecular formula is C20H42O7. The summed E-state index contributed by atoms with van der Waals surface area (Å²) in [5, 5.41) is 0. The van der Waals surface area contributed by atoms with E-state index >= 15 is 0 Å². The van der Waals surface area contributed by atoms with Gasteiger partial charge in [-0.2, -0.15) is 0 Å². The Morgan fingerprint density at radius 1 is 0.296 bits per heavy atom. The number of hydrogen-bond acceptors (Lipinski definition) is 7. The maximum absolute atomic E-state index is 5.43. The number of ether oxygens (including phenoxy) is 7. The third-order valence-corrected chi connectivity index (χ3v) is 3.52. The molecule has 0 aliphatic heterocycles. The van der Waals surface area contributed by atoms with Crippen LogP contribution < -0.4 is 0 Å². The van der Waals surface area contributed by atoms with Gasteiger partial charge in [0, 0.05) is 13.2 Å². The zero-order valence-corrected chi connectivity index (χ0v) is 17.6. The highest BCUT2D eigenvalue weighted by Crippen LogP contribution is 1.89. The van der Waals surface area contributed by atoms with E-state index in [-0.39, 0.29) is 0 Å². The van der Waals surface area contributed by atoms with E-state index in [1.807, 2.05) is 0 Å². The standard InChI is InChI=1S/C20H42O7/c1-3-5-7-21-9-11-23-13-15-25-17-19-27-20-18-26-16-14-24-12-10-22-8-6-4-2/h3-20H2,1-2H3. The molecule has 7 nitrogen and oxygen atoms in total. The molecular weight excluding hydrogens is 352 g/mol. The van der Waals surface area contributed by atoms with E-state index in [1.54, 1.807) is 0 Å². The summed E-state index contributed by atoms with van der Waals surface area (Å²) < 4.78 is 37.9. The quantitative estimate of drug-likeness (QED) is 0.233. The average Bonchev–Trinajstić information content (AvgIpc) is 2.68. The van der Waals surface area contributed by atoms with Gasteiger partial charge in [-0.3, -0.25) is 0 Å². The fourth-order valence-corrected chi connectivity index (χ4v) is 1.91.